The summed E-state index contributed by atoms with van der Waals surface area (Å²) in [6, 6.07) is 0. The fourth-order valence-electron chi connectivity index (χ4n) is 2.76. The van der Waals surface area contributed by atoms with Crippen molar-refractivity contribution in [2.45, 2.75) is 38.5 Å². The van der Waals surface area contributed by atoms with Gasteiger partial charge in [-0.1, -0.05) is 5.57 Å². The number of carboxylic acid groups (broad SMARTS) is 1. The molecule has 0 aromatic rings. The molecule has 3 nitrogen and oxygen atoms in total. The molecule has 0 aromatic carbocycles. The van der Waals surface area contributed by atoms with Gasteiger partial charge in [0.25, 0.3) is 0 Å². The van der Waals surface area contributed by atoms with E-state index in [-0.39, 0.29) is 17.6 Å². The van der Waals surface area contributed by atoms with Gasteiger partial charge in [0.05, 0.1) is 6.42 Å². The predicted molar refractivity (Wildman–Crippen MR) is 50.9 cm³/mol. The fraction of sp³-hybridized carbons (Fsp3) is 0.636. The number of aliphatic carboxylic acids is 1. The lowest BCUT2D eigenvalue weighted by atomic mass is 9.72. The number of carboxylic acids is 1. The van der Waals surface area contributed by atoms with E-state index in [1.165, 1.54) is 0 Å². The summed E-state index contributed by atoms with van der Waals surface area (Å²) >= 11 is 0. The SMILES string of the molecule is O=C(O)CC12CCCC1=CC(=O)CC2. The molecule has 0 saturated heterocycles. The molecule has 1 unspecified atom stereocenters. The molecule has 0 aliphatic heterocycles. The number of hydrogen-bond acceptors (Lipinski definition) is 2. The summed E-state index contributed by atoms with van der Waals surface area (Å²) in [4.78, 5) is 22.0. The highest BCUT2D eigenvalue weighted by atomic mass is 16.4. The standard InChI is InChI=1S/C11H14O3/c12-9-3-5-11(7-10(13)14)4-1-2-8(11)6-9/h6H,1-5,7H2,(H,13,14). The van der Waals surface area contributed by atoms with Crippen LogP contribution in [0.25, 0.3) is 0 Å². The van der Waals surface area contributed by atoms with Gasteiger partial charge in [-0.15, -0.1) is 0 Å². The van der Waals surface area contributed by atoms with Crippen LogP contribution in [0.5, 0.6) is 0 Å². The monoisotopic (exact) mass is 194 g/mol. The molecule has 0 radical (unpaired) electrons. The lowest BCUT2D eigenvalue weighted by Gasteiger charge is -2.31. The summed E-state index contributed by atoms with van der Waals surface area (Å²) < 4.78 is 0. The molecule has 2 aliphatic carbocycles. The molecule has 0 spiro atoms. The molecule has 0 bridgehead atoms. The number of carbonyl (C=O) groups excluding carboxylic acids is 1. The van der Waals surface area contributed by atoms with Gasteiger partial charge >= 0.3 is 5.97 Å². The van der Waals surface area contributed by atoms with Gasteiger partial charge in [-0.05, 0) is 31.8 Å². The van der Waals surface area contributed by atoms with Gasteiger partial charge in [0.1, 0.15) is 0 Å². The van der Waals surface area contributed by atoms with Crippen LogP contribution in [-0.4, -0.2) is 16.9 Å². The van der Waals surface area contributed by atoms with Crippen molar-refractivity contribution in [3.8, 4) is 0 Å². The first kappa shape index (κ1) is 9.44. The second-order valence-corrected chi connectivity index (χ2v) is 4.34. The molecular formula is C11H14O3. The van der Waals surface area contributed by atoms with Crippen LogP contribution in [0.4, 0.5) is 0 Å². The van der Waals surface area contributed by atoms with Gasteiger partial charge in [0, 0.05) is 11.8 Å². The minimum atomic E-state index is -0.743. The molecule has 0 amide bonds. The highest BCUT2D eigenvalue weighted by molar-refractivity contribution is 5.92. The maximum atomic E-state index is 11.2. The van der Waals surface area contributed by atoms with Gasteiger partial charge in [0.2, 0.25) is 0 Å². The second kappa shape index (κ2) is 3.23. The average molecular weight is 194 g/mol. The first-order valence-corrected chi connectivity index (χ1v) is 5.08. The minimum absolute atomic E-state index is 0.167. The van der Waals surface area contributed by atoms with Crippen LogP contribution < -0.4 is 0 Å². The van der Waals surface area contributed by atoms with Gasteiger partial charge < -0.3 is 5.11 Å². The van der Waals surface area contributed by atoms with Gasteiger partial charge in [-0.25, -0.2) is 0 Å². The molecule has 1 atom stereocenters. The van der Waals surface area contributed by atoms with Crippen molar-refractivity contribution in [3.05, 3.63) is 11.6 Å². The molecule has 0 aromatic heterocycles. The minimum Gasteiger partial charge on any atom is -0.481 e. The van der Waals surface area contributed by atoms with E-state index in [0.717, 1.165) is 31.3 Å². The molecule has 3 heteroatoms. The normalized spacial score (nSPS) is 31.1. The smallest absolute Gasteiger partial charge is 0.304 e. The van der Waals surface area contributed by atoms with Gasteiger partial charge in [-0.2, -0.15) is 0 Å². The summed E-state index contributed by atoms with van der Waals surface area (Å²) in [5.74, 6) is -0.574. The van der Waals surface area contributed by atoms with Crippen molar-refractivity contribution >= 4 is 11.8 Å². The molecule has 1 N–H and O–H groups in total. The van der Waals surface area contributed by atoms with E-state index in [0.29, 0.717) is 6.42 Å². The molecule has 0 heterocycles. The summed E-state index contributed by atoms with van der Waals surface area (Å²) in [7, 11) is 0. The third-order valence-corrected chi connectivity index (χ3v) is 3.46. The zero-order chi connectivity index (χ0) is 10.2. The zero-order valence-electron chi connectivity index (χ0n) is 8.08. The molecule has 2 rings (SSSR count). The quantitative estimate of drug-likeness (QED) is 0.730. The van der Waals surface area contributed by atoms with E-state index in [4.69, 9.17) is 5.11 Å². The van der Waals surface area contributed by atoms with E-state index in [1.54, 1.807) is 6.08 Å². The van der Waals surface area contributed by atoms with E-state index in [2.05, 4.69) is 0 Å². The zero-order valence-corrected chi connectivity index (χ0v) is 8.08. The Morgan fingerprint density at radius 2 is 2.21 bits per heavy atom. The largest absolute Gasteiger partial charge is 0.481 e. The highest BCUT2D eigenvalue weighted by Crippen LogP contribution is 2.50. The molecule has 14 heavy (non-hydrogen) atoms. The lowest BCUT2D eigenvalue weighted by Crippen LogP contribution is -2.27. The van der Waals surface area contributed by atoms with Crippen LogP contribution in [0.15, 0.2) is 11.6 Å². The first-order valence-electron chi connectivity index (χ1n) is 5.08. The van der Waals surface area contributed by atoms with Crippen LogP contribution in [0.1, 0.15) is 38.5 Å². The third kappa shape index (κ3) is 1.47. The number of ketones is 1. The summed E-state index contributed by atoms with van der Waals surface area (Å²) in [6.45, 7) is 0. The summed E-state index contributed by atoms with van der Waals surface area (Å²) in [5, 5.41) is 8.86. The van der Waals surface area contributed by atoms with Crippen LogP contribution in [0.2, 0.25) is 0 Å². The van der Waals surface area contributed by atoms with Crippen LogP contribution in [-0.2, 0) is 9.59 Å². The Bertz CT molecular complexity index is 316. The molecule has 1 saturated carbocycles. The van der Waals surface area contributed by atoms with E-state index in [1.807, 2.05) is 0 Å². The van der Waals surface area contributed by atoms with E-state index < -0.39 is 5.97 Å². The molecule has 2 aliphatic rings. The van der Waals surface area contributed by atoms with Crippen LogP contribution in [0, 0.1) is 5.41 Å². The number of allylic oxidation sites excluding steroid dienone is 2. The topological polar surface area (TPSA) is 54.4 Å². The average Bonchev–Trinajstić information content (AvgIpc) is 2.46. The Hall–Kier alpha value is -1.12. The van der Waals surface area contributed by atoms with Crippen molar-refractivity contribution < 1.29 is 14.7 Å². The van der Waals surface area contributed by atoms with Gasteiger partial charge in [0.15, 0.2) is 5.78 Å². The molecular weight excluding hydrogens is 180 g/mol. The highest BCUT2D eigenvalue weighted by Gasteiger charge is 2.42. The van der Waals surface area contributed by atoms with Crippen LogP contribution in [0.3, 0.4) is 0 Å². The van der Waals surface area contributed by atoms with Crippen molar-refractivity contribution in [1.29, 1.82) is 0 Å². The Kier molecular flexibility index (Phi) is 2.17. The maximum Gasteiger partial charge on any atom is 0.304 e. The maximum absolute atomic E-state index is 11.2. The number of rotatable bonds is 2. The van der Waals surface area contributed by atoms with E-state index in [9.17, 15) is 9.59 Å². The summed E-state index contributed by atoms with van der Waals surface area (Å²) in [6.07, 6.45) is 6.05. The fourth-order valence-corrected chi connectivity index (χ4v) is 2.76. The number of fused-ring (bicyclic) bond motifs is 1. The summed E-state index contributed by atoms with van der Waals surface area (Å²) in [5.41, 5.74) is 0.927. The predicted octanol–water partition coefficient (Wildman–Crippen LogP) is 1.92. The van der Waals surface area contributed by atoms with Crippen molar-refractivity contribution in [2.24, 2.45) is 5.41 Å². The second-order valence-electron chi connectivity index (χ2n) is 4.34. The number of hydrogen-bond donors (Lipinski definition) is 1. The molecule has 1 fully saturated rings. The van der Waals surface area contributed by atoms with Crippen molar-refractivity contribution in [2.75, 3.05) is 0 Å². The molecule has 76 valence electrons. The van der Waals surface area contributed by atoms with Crippen molar-refractivity contribution in [1.82, 2.24) is 0 Å². The van der Waals surface area contributed by atoms with Crippen LogP contribution >= 0.6 is 0 Å². The Morgan fingerprint density at radius 1 is 1.43 bits per heavy atom. The Morgan fingerprint density at radius 3 is 2.93 bits per heavy atom. The Balaban J connectivity index is 2.28. The van der Waals surface area contributed by atoms with Crippen molar-refractivity contribution in [3.63, 3.8) is 0 Å². The Labute approximate surface area is 82.8 Å². The first-order chi connectivity index (χ1) is 6.62. The van der Waals surface area contributed by atoms with Gasteiger partial charge in [-0.3, -0.25) is 9.59 Å². The lowest BCUT2D eigenvalue weighted by molar-refractivity contribution is -0.139. The third-order valence-electron chi connectivity index (χ3n) is 3.46. The number of carbonyl (C=O) groups is 2. The van der Waals surface area contributed by atoms with E-state index >= 15 is 0 Å².